The molecule has 0 aliphatic heterocycles. The summed E-state index contributed by atoms with van der Waals surface area (Å²) in [5.41, 5.74) is 2.65. The summed E-state index contributed by atoms with van der Waals surface area (Å²) in [5, 5.41) is 17.2. The van der Waals surface area contributed by atoms with E-state index in [0.717, 1.165) is 16.7 Å². The van der Waals surface area contributed by atoms with Gasteiger partial charge in [0.05, 0.1) is 29.2 Å². The second-order valence-electron chi connectivity index (χ2n) is 4.22. The van der Waals surface area contributed by atoms with E-state index in [2.05, 4.69) is 21.3 Å². The van der Waals surface area contributed by atoms with Crippen LogP contribution in [-0.2, 0) is 6.42 Å². The molecular weight excluding hydrogens is 238 g/mol. The molecule has 0 saturated heterocycles. The molecule has 3 aromatic rings. The fourth-order valence-corrected chi connectivity index (χ4v) is 2.03. The molecule has 3 rings (SSSR count). The zero-order chi connectivity index (χ0) is 13.2. The number of aromatic nitrogens is 4. The zero-order valence-corrected chi connectivity index (χ0v) is 10.4. The zero-order valence-electron chi connectivity index (χ0n) is 10.4. The van der Waals surface area contributed by atoms with E-state index < -0.39 is 0 Å². The number of rotatable bonds is 2. The Labute approximate surface area is 110 Å². The topological polar surface area (TPSA) is 67.4 Å². The van der Waals surface area contributed by atoms with Crippen LogP contribution in [0.4, 0.5) is 0 Å². The lowest BCUT2D eigenvalue weighted by Crippen LogP contribution is -2.04. The largest absolute Gasteiger partial charge is 0.278 e. The van der Waals surface area contributed by atoms with Crippen molar-refractivity contribution < 1.29 is 0 Å². The number of benzene rings is 1. The second kappa shape index (κ2) is 4.50. The van der Waals surface area contributed by atoms with Crippen LogP contribution in [0.25, 0.3) is 16.9 Å². The highest BCUT2D eigenvalue weighted by molar-refractivity contribution is 5.77. The Kier molecular flexibility index (Phi) is 2.69. The molecule has 0 bridgehead atoms. The first-order valence-electron chi connectivity index (χ1n) is 5.93. The molecule has 0 amide bonds. The van der Waals surface area contributed by atoms with Gasteiger partial charge in [-0.1, -0.05) is 12.1 Å². The van der Waals surface area contributed by atoms with Crippen molar-refractivity contribution in [2.75, 3.05) is 0 Å². The Bertz CT molecular complexity index is 765. The number of hydrogen-bond donors (Lipinski definition) is 0. The van der Waals surface area contributed by atoms with Gasteiger partial charge < -0.3 is 0 Å². The molecule has 0 saturated carbocycles. The SMILES string of the molecule is Cc1ccc(-n2c(CC#N)nc3ccccc32)nn1. The number of nitrogens with zero attached hydrogens (tertiary/aromatic N) is 5. The first-order chi connectivity index (χ1) is 9.29. The van der Waals surface area contributed by atoms with Crippen LogP contribution in [0.5, 0.6) is 0 Å². The smallest absolute Gasteiger partial charge is 0.161 e. The van der Waals surface area contributed by atoms with Crippen LogP contribution in [0.2, 0.25) is 0 Å². The number of fused-ring (bicyclic) bond motifs is 1. The average Bonchev–Trinajstić information content (AvgIpc) is 2.78. The van der Waals surface area contributed by atoms with Crippen LogP contribution in [-0.4, -0.2) is 19.7 Å². The van der Waals surface area contributed by atoms with E-state index in [1.807, 2.05) is 47.9 Å². The summed E-state index contributed by atoms with van der Waals surface area (Å²) in [6.07, 6.45) is 0.240. The third-order valence-electron chi connectivity index (χ3n) is 2.88. The molecule has 0 N–H and O–H groups in total. The Morgan fingerprint density at radius 2 is 2.00 bits per heavy atom. The second-order valence-corrected chi connectivity index (χ2v) is 4.22. The summed E-state index contributed by atoms with van der Waals surface area (Å²) in [5.74, 6) is 1.37. The number of aryl methyl sites for hydroxylation is 1. The van der Waals surface area contributed by atoms with E-state index in [4.69, 9.17) is 5.26 Å². The van der Waals surface area contributed by atoms with E-state index >= 15 is 0 Å². The lowest BCUT2D eigenvalue weighted by atomic mass is 10.3. The standard InChI is InChI=1S/C14H11N5/c1-10-6-7-14(18-17-10)19-12-5-3-2-4-11(12)16-13(19)8-9-15/h2-7H,8H2,1H3. The molecule has 0 atom stereocenters. The Balaban J connectivity index is 2.28. The molecule has 0 unspecified atom stereocenters. The highest BCUT2D eigenvalue weighted by atomic mass is 15.2. The summed E-state index contributed by atoms with van der Waals surface area (Å²) in [4.78, 5) is 4.47. The van der Waals surface area contributed by atoms with E-state index in [1.165, 1.54) is 0 Å². The van der Waals surface area contributed by atoms with Gasteiger partial charge in [0.2, 0.25) is 0 Å². The molecule has 5 nitrogen and oxygen atoms in total. The van der Waals surface area contributed by atoms with E-state index in [1.54, 1.807) is 0 Å². The molecule has 19 heavy (non-hydrogen) atoms. The van der Waals surface area contributed by atoms with E-state index in [0.29, 0.717) is 11.6 Å². The normalized spacial score (nSPS) is 10.5. The molecule has 2 heterocycles. The molecule has 1 aromatic carbocycles. The minimum Gasteiger partial charge on any atom is -0.278 e. The van der Waals surface area contributed by atoms with Crippen LogP contribution in [0.1, 0.15) is 11.5 Å². The summed E-state index contributed by atoms with van der Waals surface area (Å²) >= 11 is 0. The van der Waals surface area contributed by atoms with Crippen LogP contribution < -0.4 is 0 Å². The quantitative estimate of drug-likeness (QED) is 0.698. The maximum Gasteiger partial charge on any atom is 0.161 e. The van der Waals surface area contributed by atoms with Gasteiger partial charge in [-0.3, -0.25) is 4.57 Å². The monoisotopic (exact) mass is 249 g/mol. The van der Waals surface area contributed by atoms with Gasteiger partial charge in [-0.25, -0.2) is 4.98 Å². The predicted octanol–water partition coefficient (Wildman–Crippen LogP) is 2.19. The lowest BCUT2D eigenvalue weighted by molar-refractivity contribution is 0.864. The van der Waals surface area contributed by atoms with Crippen molar-refractivity contribution in [3.8, 4) is 11.9 Å². The fraction of sp³-hybridized carbons (Fsp3) is 0.143. The molecule has 0 radical (unpaired) electrons. The summed E-state index contributed by atoms with van der Waals surface area (Å²) in [7, 11) is 0. The highest BCUT2D eigenvalue weighted by Gasteiger charge is 2.12. The van der Waals surface area contributed by atoms with Crippen LogP contribution in [0.15, 0.2) is 36.4 Å². The van der Waals surface area contributed by atoms with E-state index in [9.17, 15) is 0 Å². The average molecular weight is 249 g/mol. The molecule has 0 spiro atoms. The number of imidazole rings is 1. The van der Waals surface area contributed by atoms with Gasteiger partial charge in [0.25, 0.3) is 0 Å². The van der Waals surface area contributed by atoms with Gasteiger partial charge in [-0.2, -0.15) is 10.4 Å². The lowest BCUT2D eigenvalue weighted by Gasteiger charge is -2.05. The van der Waals surface area contributed by atoms with Gasteiger partial charge >= 0.3 is 0 Å². The molecule has 5 heteroatoms. The summed E-state index contributed by atoms with van der Waals surface area (Å²) in [6, 6.07) is 13.7. The van der Waals surface area contributed by atoms with Crippen molar-refractivity contribution in [2.45, 2.75) is 13.3 Å². The summed E-state index contributed by atoms with van der Waals surface area (Å²) in [6.45, 7) is 1.89. The van der Waals surface area contributed by atoms with Gasteiger partial charge in [0.15, 0.2) is 5.82 Å². The van der Waals surface area contributed by atoms with Gasteiger partial charge in [0, 0.05) is 0 Å². The van der Waals surface area contributed by atoms with Crippen molar-refractivity contribution in [3.63, 3.8) is 0 Å². The van der Waals surface area contributed by atoms with Crippen LogP contribution in [0.3, 0.4) is 0 Å². The van der Waals surface area contributed by atoms with Gasteiger partial charge in [-0.05, 0) is 31.2 Å². The highest BCUT2D eigenvalue weighted by Crippen LogP contribution is 2.20. The third-order valence-corrected chi connectivity index (χ3v) is 2.88. The first-order valence-corrected chi connectivity index (χ1v) is 5.93. The Hall–Kier alpha value is -2.74. The van der Waals surface area contributed by atoms with Crippen LogP contribution >= 0.6 is 0 Å². The van der Waals surface area contributed by atoms with Crippen molar-refractivity contribution in [2.24, 2.45) is 0 Å². The molecule has 92 valence electrons. The molecule has 0 aliphatic rings. The summed E-state index contributed by atoms with van der Waals surface area (Å²) < 4.78 is 1.88. The molecule has 0 fully saturated rings. The van der Waals surface area contributed by atoms with E-state index in [-0.39, 0.29) is 6.42 Å². The van der Waals surface area contributed by atoms with Gasteiger partial charge in [-0.15, -0.1) is 5.10 Å². The predicted molar refractivity (Wildman–Crippen MR) is 70.7 cm³/mol. The van der Waals surface area contributed by atoms with Crippen molar-refractivity contribution in [3.05, 3.63) is 47.9 Å². The minimum atomic E-state index is 0.240. The maximum atomic E-state index is 8.92. The fourth-order valence-electron chi connectivity index (χ4n) is 2.03. The molecule has 2 aromatic heterocycles. The first kappa shape index (κ1) is 11.4. The Morgan fingerprint density at radius 3 is 2.74 bits per heavy atom. The number of hydrogen-bond acceptors (Lipinski definition) is 4. The maximum absolute atomic E-state index is 8.92. The number of nitriles is 1. The van der Waals surface area contributed by atoms with Crippen molar-refractivity contribution >= 4 is 11.0 Å². The molecule has 0 aliphatic carbocycles. The van der Waals surface area contributed by atoms with Crippen LogP contribution in [0, 0.1) is 18.3 Å². The van der Waals surface area contributed by atoms with Gasteiger partial charge in [0.1, 0.15) is 5.82 Å². The van der Waals surface area contributed by atoms with Crippen molar-refractivity contribution in [1.29, 1.82) is 5.26 Å². The van der Waals surface area contributed by atoms with Crippen molar-refractivity contribution in [1.82, 2.24) is 19.7 Å². The molecular formula is C14H11N5. The Morgan fingerprint density at radius 1 is 1.16 bits per heavy atom. The number of para-hydroxylation sites is 2. The minimum absolute atomic E-state index is 0.240. The third kappa shape index (κ3) is 1.93.